The van der Waals surface area contributed by atoms with E-state index in [1.54, 1.807) is 19.2 Å². The Morgan fingerprint density at radius 2 is 1.75 bits per heavy atom. The minimum absolute atomic E-state index is 0.0553. The second-order valence-electron chi connectivity index (χ2n) is 12.7. The normalized spacial score (nSPS) is 13.1. The first-order chi connectivity index (χ1) is 23.9. The van der Waals surface area contributed by atoms with Gasteiger partial charge in [0.15, 0.2) is 11.8 Å². The van der Waals surface area contributed by atoms with Crippen molar-refractivity contribution in [3.63, 3.8) is 0 Å². The Morgan fingerprint density at radius 3 is 2.31 bits per heavy atom. The molecular formula is C33H37ClF5N9O3. The van der Waals surface area contributed by atoms with Crippen LogP contribution in [0.2, 0.25) is 5.02 Å². The molecule has 18 heteroatoms. The lowest BCUT2D eigenvalue weighted by molar-refractivity contribution is 0.0404. The van der Waals surface area contributed by atoms with E-state index in [1.807, 2.05) is 0 Å². The van der Waals surface area contributed by atoms with Gasteiger partial charge in [0, 0.05) is 42.9 Å². The number of rotatable bonds is 13. The van der Waals surface area contributed by atoms with Crippen LogP contribution in [0.5, 0.6) is 0 Å². The van der Waals surface area contributed by atoms with Gasteiger partial charge in [-0.3, -0.25) is 14.7 Å². The fourth-order valence-electron chi connectivity index (χ4n) is 4.75. The van der Waals surface area contributed by atoms with E-state index in [4.69, 9.17) is 22.1 Å². The number of alkyl carbamates (subject to hydrolysis) is 1. The number of carbonyl (C=O) groups is 2. The summed E-state index contributed by atoms with van der Waals surface area (Å²) < 4.78 is 75.0. The Hall–Kier alpha value is -5.06. The molecule has 274 valence electrons. The summed E-state index contributed by atoms with van der Waals surface area (Å²) in [7, 11) is 1.63. The number of nitrogens with one attached hydrogen (secondary N) is 1. The van der Waals surface area contributed by atoms with E-state index in [0.29, 0.717) is 32.8 Å². The summed E-state index contributed by atoms with van der Waals surface area (Å²) in [5.41, 5.74) is 4.47. The third-order valence-corrected chi connectivity index (χ3v) is 8.02. The number of guanidine groups is 1. The number of aryl methyl sites for hydroxylation is 1. The number of aromatic nitrogens is 5. The monoisotopic (exact) mass is 737 g/mol. The quantitative estimate of drug-likeness (QED) is 0.0872. The molecule has 2 heterocycles. The predicted molar refractivity (Wildman–Crippen MR) is 180 cm³/mol. The fourth-order valence-corrected chi connectivity index (χ4v) is 4.95. The zero-order valence-corrected chi connectivity index (χ0v) is 29.1. The van der Waals surface area contributed by atoms with Gasteiger partial charge < -0.3 is 15.8 Å². The van der Waals surface area contributed by atoms with E-state index in [1.165, 1.54) is 61.4 Å². The summed E-state index contributed by atoms with van der Waals surface area (Å²) in [6.07, 6.45) is -0.491. The number of hydrogen-bond donors (Lipinski definition) is 2. The van der Waals surface area contributed by atoms with Gasteiger partial charge in [0.25, 0.3) is 12.3 Å². The average molecular weight is 738 g/mol. The maximum Gasteiger partial charge on any atom is 0.407 e. The molecule has 4 aromatic rings. The number of halogens is 6. The number of ether oxygens (including phenoxy) is 1. The molecule has 51 heavy (non-hydrogen) atoms. The molecular weight excluding hydrogens is 701 g/mol. The van der Waals surface area contributed by atoms with Gasteiger partial charge in [0.1, 0.15) is 18.6 Å². The van der Waals surface area contributed by atoms with Crippen LogP contribution < -0.4 is 11.1 Å². The van der Waals surface area contributed by atoms with Crippen molar-refractivity contribution in [1.82, 2.24) is 34.8 Å². The molecule has 2 aromatic heterocycles. The summed E-state index contributed by atoms with van der Waals surface area (Å²) >= 11 is 6.53. The minimum atomic E-state index is -2.93. The van der Waals surface area contributed by atoms with Crippen molar-refractivity contribution in [1.29, 1.82) is 0 Å². The standard InChI is InChI=1S/C33H37ClF5N9O3/c1-32(2,39)12-13-41-30(40)48(27(49)20-8-6-19(7-9-20)22-15-43-47(16-22)29(37)38)25(17-51-31(50)45-33(3,4)28(35)36)21-10-11-24(34)23(14-21)26-42-18-44-46(26)5/h6-11,14-16,18,25,28-29H,12-13,17H2,1-5H3,(H2,40,41)(H,45,50)/t25-/m1/s1. The number of amides is 2. The van der Waals surface area contributed by atoms with Crippen LogP contribution in [0.1, 0.15) is 62.6 Å². The highest BCUT2D eigenvalue weighted by Crippen LogP contribution is 2.33. The van der Waals surface area contributed by atoms with Crippen molar-refractivity contribution in [2.24, 2.45) is 17.8 Å². The summed E-state index contributed by atoms with van der Waals surface area (Å²) in [5.74, 6) is -0.764. The Morgan fingerprint density at radius 1 is 1.06 bits per heavy atom. The highest BCUT2D eigenvalue weighted by molar-refractivity contribution is 6.33. The predicted octanol–water partition coefficient (Wildman–Crippen LogP) is 6.80. The molecule has 0 spiro atoms. The number of carbonyl (C=O) groups excluding carboxylic acids is 2. The lowest BCUT2D eigenvalue weighted by atomic mass is 10.0. The molecule has 0 saturated carbocycles. The Kier molecular flexibility index (Phi) is 12.1. The van der Waals surface area contributed by atoms with Crippen molar-refractivity contribution in [3.05, 3.63) is 77.3 Å². The Balaban J connectivity index is 1.80. The minimum Gasteiger partial charge on any atom is -0.447 e. The van der Waals surface area contributed by atoms with Crippen molar-refractivity contribution < 1.29 is 36.3 Å². The smallest absolute Gasteiger partial charge is 0.407 e. The van der Waals surface area contributed by atoms with Crippen molar-refractivity contribution in [2.75, 3.05) is 13.2 Å². The number of nitrogens with zero attached hydrogens (tertiary/aromatic N) is 7. The molecule has 0 aliphatic heterocycles. The lowest BCUT2D eigenvalue weighted by Gasteiger charge is -2.32. The van der Waals surface area contributed by atoms with E-state index in [0.717, 1.165) is 24.9 Å². The number of aliphatic imine (C=N–C) groups is 1. The molecule has 4 rings (SSSR count). The van der Waals surface area contributed by atoms with E-state index in [-0.39, 0.29) is 29.5 Å². The van der Waals surface area contributed by atoms with Gasteiger partial charge in [0.05, 0.1) is 22.8 Å². The van der Waals surface area contributed by atoms with Gasteiger partial charge >= 0.3 is 12.6 Å². The van der Waals surface area contributed by atoms with Crippen LogP contribution in [0.4, 0.5) is 26.7 Å². The SMILES string of the molecule is Cn1ncnc1-c1cc([C@@H](COC(=O)NC(C)(C)C(F)F)N(C(=O)c2ccc(-c3cnn(C(F)F)c3)cc2)C(N)=NCCC(C)(C)F)ccc1Cl. The van der Waals surface area contributed by atoms with E-state index < -0.39 is 48.8 Å². The van der Waals surface area contributed by atoms with Crippen LogP contribution in [0, 0.1) is 0 Å². The number of nitrogens with two attached hydrogens (primary N) is 1. The Labute approximate surface area is 295 Å². The summed E-state index contributed by atoms with van der Waals surface area (Å²) in [5, 5.41) is 10.1. The van der Waals surface area contributed by atoms with Crippen LogP contribution in [-0.2, 0) is 11.8 Å². The fraction of sp³-hybridized carbons (Fsp3) is 0.394. The van der Waals surface area contributed by atoms with Crippen molar-refractivity contribution in [3.8, 4) is 22.5 Å². The maximum absolute atomic E-state index is 14.4. The molecule has 0 aliphatic rings. The highest BCUT2D eigenvalue weighted by atomic mass is 35.5. The second-order valence-corrected chi connectivity index (χ2v) is 13.1. The van der Waals surface area contributed by atoms with Crippen LogP contribution in [-0.4, -0.2) is 78.2 Å². The molecule has 0 saturated heterocycles. The van der Waals surface area contributed by atoms with Crippen molar-refractivity contribution in [2.45, 2.75) is 64.3 Å². The molecule has 0 unspecified atom stereocenters. The van der Waals surface area contributed by atoms with Gasteiger partial charge in [0.2, 0.25) is 0 Å². The maximum atomic E-state index is 14.4. The molecule has 0 fully saturated rings. The van der Waals surface area contributed by atoms with E-state index in [2.05, 4.69) is 25.5 Å². The first-order valence-electron chi connectivity index (χ1n) is 15.5. The first-order valence-corrected chi connectivity index (χ1v) is 15.9. The van der Waals surface area contributed by atoms with Gasteiger partial charge in [-0.05, 0) is 63.1 Å². The number of alkyl halides is 5. The number of benzene rings is 2. The molecule has 3 N–H and O–H groups in total. The summed E-state index contributed by atoms with van der Waals surface area (Å²) in [6, 6.07) is 9.24. The average Bonchev–Trinajstić information content (AvgIpc) is 3.72. The molecule has 2 amide bonds. The molecule has 1 atom stereocenters. The van der Waals surface area contributed by atoms with E-state index in [9.17, 15) is 31.5 Å². The molecule has 0 radical (unpaired) electrons. The van der Waals surface area contributed by atoms with Gasteiger partial charge in [-0.15, -0.1) is 0 Å². The van der Waals surface area contributed by atoms with Crippen LogP contribution in [0.25, 0.3) is 22.5 Å². The molecule has 2 aromatic carbocycles. The van der Waals surface area contributed by atoms with Gasteiger partial charge in [-0.1, -0.05) is 29.8 Å². The zero-order valence-electron chi connectivity index (χ0n) is 28.3. The topological polar surface area (TPSA) is 146 Å². The van der Waals surface area contributed by atoms with Crippen LogP contribution >= 0.6 is 11.6 Å². The third-order valence-electron chi connectivity index (χ3n) is 7.69. The highest BCUT2D eigenvalue weighted by Gasteiger charge is 2.35. The summed E-state index contributed by atoms with van der Waals surface area (Å²) in [4.78, 5) is 36.7. The van der Waals surface area contributed by atoms with Gasteiger partial charge in [-0.2, -0.15) is 19.0 Å². The van der Waals surface area contributed by atoms with Crippen LogP contribution in [0.3, 0.4) is 0 Å². The zero-order chi connectivity index (χ0) is 37.7. The molecule has 12 nitrogen and oxygen atoms in total. The van der Waals surface area contributed by atoms with Gasteiger partial charge in [-0.25, -0.2) is 32.3 Å². The Bertz CT molecular complexity index is 1860. The third kappa shape index (κ3) is 9.80. The largest absolute Gasteiger partial charge is 0.447 e. The first kappa shape index (κ1) is 38.7. The lowest BCUT2D eigenvalue weighted by Crippen LogP contribution is -2.50. The van der Waals surface area contributed by atoms with E-state index >= 15 is 0 Å². The summed E-state index contributed by atoms with van der Waals surface area (Å²) in [6.45, 7) is 1.33. The molecule has 0 bridgehead atoms. The second kappa shape index (κ2) is 15.9. The van der Waals surface area contributed by atoms with Crippen LogP contribution in [0.15, 0.2) is 66.2 Å². The number of hydrogen-bond acceptors (Lipinski definition) is 7. The van der Waals surface area contributed by atoms with Crippen molar-refractivity contribution >= 4 is 29.6 Å². The molecule has 0 aliphatic carbocycles.